The van der Waals surface area contributed by atoms with Gasteiger partial charge in [0.1, 0.15) is 39.2 Å². The molecule has 0 spiro atoms. The van der Waals surface area contributed by atoms with E-state index in [1.54, 1.807) is 0 Å². The zero-order valence-corrected chi connectivity index (χ0v) is 49.8. The second kappa shape index (κ2) is 20.3. The van der Waals surface area contributed by atoms with Crippen LogP contribution in [0.1, 0.15) is 66.8 Å². The van der Waals surface area contributed by atoms with E-state index in [0.717, 1.165) is 17.1 Å². The zero-order chi connectivity index (χ0) is 58.6. The molecule has 3 aliphatic carbocycles. The van der Waals surface area contributed by atoms with Crippen LogP contribution in [-0.4, -0.2) is 39.2 Å². The highest BCUT2D eigenvalue weighted by Crippen LogP contribution is 2.62. The molecule has 0 heterocycles. The first-order chi connectivity index (χ1) is 42.7. The Bertz CT molecular complexity index is 4530. The van der Waals surface area contributed by atoms with Crippen molar-refractivity contribution in [2.45, 2.75) is 16.2 Å². The van der Waals surface area contributed by atoms with Crippen molar-refractivity contribution in [1.29, 1.82) is 0 Å². The zero-order valence-electron chi connectivity index (χ0n) is 49.8. The summed E-state index contributed by atoms with van der Waals surface area (Å²) in [6.45, 7) is 0. The Balaban J connectivity index is 1.00. The fourth-order valence-electron chi connectivity index (χ4n) is 16.3. The number of fused-ring (bicyclic) bond motifs is 9. The van der Waals surface area contributed by atoms with Crippen LogP contribution in [0.4, 0.5) is 17.1 Å². The highest BCUT2D eigenvalue weighted by Gasteiger charge is 2.50. The van der Waals surface area contributed by atoms with Crippen LogP contribution < -0.4 is 32.2 Å². The van der Waals surface area contributed by atoms with Gasteiger partial charge >= 0.3 is 0 Å². The Kier molecular flexibility index (Phi) is 12.3. The number of nitrogens with zero attached hydrogens (tertiary/aromatic N) is 1. The Hall–Kier alpha value is -10.0. The average Bonchev–Trinajstić information content (AvgIpc) is 1.68. The van der Waals surface area contributed by atoms with E-state index in [1.165, 1.54) is 139 Å². The predicted molar refractivity (Wildman–Crippen MR) is 379 cm³/mol. The third kappa shape index (κ3) is 7.47. The topological polar surface area (TPSA) is 3.24 Å². The molecule has 0 aliphatic heterocycles. The normalized spacial score (nSPS) is 14.0. The summed E-state index contributed by atoms with van der Waals surface area (Å²) < 4.78 is 0. The molecular weight excluding hydrogens is 1040 g/mol. The van der Waals surface area contributed by atoms with Crippen molar-refractivity contribution in [2.75, 3.05) is 4.90 Å². The Morgan fingerprint density at radius 2 is 0.448 bits per heavy atom. The minimum atomic E-state index is -0.688. The third-order valence-corrected chi connectivity index (χ3v) is 20.5. The minimum Gasteiger partial charge on any atom is -0.310 e. The number of rotatable bonds is 10. The van der Waals surface area contributed by atoms with Crippen molar-refractivity contribution in [1.82, 2.24) is 0 Å². The summed E-state index contributed by atoms with van der Waals surface area (Å²) in [7, 11) is 11.5. The van der Waals surface area contributed by atoms with Gasteiger partial charge in [-0.25, -0.2) is 0 Å². The van der Waals surface area contributed by atoms with Gasteiger partial charge < -0.3 is 4.90 Å². The lowest BCUT2D eigenvalue weighted by Crippen LogP contribution is -2.55. The van der Waals surface area contributed by atoms with E-state index < -0.39 is 16.2 Å². The van der Waals surface area contributed by atoms with Gasteiger partial charge in [0.15, 0.2) is 0 Å². The molecule has 0 bridgehead atoms. The van der Waals surface area contributed by atoms with Crippen LogP contribution in [0, 0.1) is 0 Å². The lowest BCUT2D eigenvalue weighted by molar-refractivity contribution is 0.766. The lowest BCUT2D eigenvalue weighted by Gasteiger charge is -2.37. The molecule has 0 radical (unpaired) electrons. The van der Waals surface area contributed by atoms with Gasteiger partial charge in [-0.05, 0) is 154 Å². The predicted octanol–water partition coefficient (Wildman–Crippen LogP) is 11.2. The van der Waals surface area contributed by atoms with Gasteiger partial charge in [0.05, 0.1) is 16.2 Å². The number of hydrogen-bond acceptors (Lipinski definition) is 1. The summed E-state index contributed by atoms with van der Waals surface area (Å²) in [5.41, 5.74) is 33.3. The smallest absolute Gasteiger partial charge is 0.139 e. The summed E-state index contributed by atoms with van der Waals surface area (Å²) in [6.07, 6.45) is 0. The fourth-order valence-corrected chi connectivity index (χ4v) is 16.3. The SMILES string of the molecule is Bc1c(B)c(B)c(-c2ccc3c(c2)C(c2ccccc2)(c2ccccc2)c2cc(N(c4ccc5c(c4)C(c4ccccc4)(c4ccccc4)c4ccccc4-5)c4ccc5c(c4)C(c4ccccc4)(c4ccccc4)c4ccccc4-5)ccc2-3)c(B)c1B. The molecule has 0 unspecified atom stereocenters. The standard InChI is InChI=1S/C81H60B5N/c82-74-73(75(83)77(85)78(86)76(74)84)51-39-43-63-66-46-42-60(50-72(66)81(69(63)47-51,56-31-15-5-16-32-56)57-33-17-6-18-34-57)87(58-40-44-64-61-35-19-21-37-67(61)79(70(64)48-58,52-23-7-1-8-24-52)53-25-9-2-10-26-53)59-41-45-65-62-36-20-22-38-68(62)80(71(65)49-59,54-27-11-3-12-28-54)55-29-13-4-14-30-55/h1-50H,82-86H2. The highest BCUT2D eigenvalue weighted by atomic mass is 15.1. The van der Waals surface area contributed by atoms with E-state index in [-0.39, 0.29) is 0 Å². The molecule has 1 nitrogen and oxygen atoms in total. The second-order valence-electron chi connectivity index (χ2n) is 24.3. The molecule has 16 rings (SSSR count). The fraction of sp³-hybridized carbons (Fsp3) is 0.0370. The first-order valence-electron chi connectivity index (χ1n) is 30.7. The summed E-state index contributed by atoms with van der Waals surface area (Å²) in [6, 6.07) is 115. The molecule has 0 saturated carbocycles. The van der Waals surface area contributed by atoms with Crippen LogP contribution in [0.5, 0.6) is 0 Å². The van der Waals surface area contributed by atoms with Crippen molar-refractivity contribution in [2.24, 2.45) is 0 Å². The Morgan fingerprint density at radius 1 is 0.207 bits per heavy atom. The van der Waals surface area contributed by atoms with Crippen LogP contribution in [0.2, 0.25) is 0 Å². The maximum Gasteiger partial charge on any atom is 0.139 e. The number of anilines is 3. The summed E-state index contributed by atoms with van der Waals surface area (Å²) in [4.78, 5) is 2.58. The van der Waals surface area contributed by atoms with Crippen LogP contribution in [0.3, 0.4) is 0 Å². The van der Waals surface area contributed by atoms with Crippen molar-refractivity contribution in [3.63, 3.8) is 0 Å². The number of hydrogen-bond donors (Lipinski definition) is 0. The maximum absolute atomic E-state index is 2.58. The van der Waals surface area contributed by atoms with Crippen molar-refractivity contribution in [3.8, 4) is 44.5 Å². The van der Waals surface area contributed by atoms with Gasteiger partial charge in [-0.2, -0.15) is 0 Å². The van der Waals surface area contributed by atoms with Crippen LogP contribution in [0.15, 0.2) is 303 Å². The molecule has 0 N–H and O–H groups in total. The summed E-state index contributed by atoms with van der Waals surface area (Å²) in [5.74, 6) is 0. The molecule has 404 valence electrons. The quantitative estimate of drug-likeness (QED) is 0.123. The molecule has 13 aromatic carbocycles. The van der Waals surface area contributed by atoms with E-state index in [4.69, 9.17) is 0 Å². The van der Waals surface area contributed by atoms with Gasteiger partial charge in [-0.1, -0.05) is 272 Å². The van der Waals surface area contributed by atoms with Crippen LogP contribution in [0.25, 0.3) is 44.5 Å². The van der Waals surface area contributed by atoms with Crippen LogP contribution >= 0.6 is 0 Å². The van der Waals surface area contributed by atoms with Gasteiger partial charge in [0.25, 0.3) is 0 Å². The van der Waals surface area contributed by atoms with E-state index in [0.29, 0.717) is 0 Å². The maximum atomic E-state index is 2.58. The van der Waals surface area contributed by atoms with Crippen molar-refractivity contribution >= 4 is 83.6 Å². The molecule has 87 heavy (non-hydrogen) atoms. The van der Waals surface area contributed by atoms with Crippen molar-refractivity contribution < 1.29 is 0 Å². The monoisotopic (exact) mass is 1100 g/mol. The molecule has 0 amide bonds. The third-order valence-electron chi connectivity index (χ3n) is 20.5. The first-order valence-corrected chi connectivity index (χ1v) is 30.7. The minimum absolute atomic E-state index is 0.607. The summed E-state index contributed by atoms with van der Waals surface area (Å²) in [5, 5.41) is 0. The van der Waals surface area contributed by atoms with E-state index in [1.807, 2.05) is 0 Å². The Morgan fingerprint density at radius 3 is 0.770 bits per heavy atom. The molecule has 6 heteroatoms. The lowest BCUT2D eigenvalue weighted by atomic mass is 9.59. The molecule has 0 fully saturated rings. The highest BCUT2D eigenvalue weighted by molar-refractivity contribution is 6.68. The second-order valence-corrected chi connectivity index (χ2v) is 24.3. The average molecular weight is 1100 g/mol. The molecule has 0 aromatic heterocycles. The Labute approximate surface area is 516 Å². The van der Waals surface area contributed by atoms with Gasteiger partial charge in [-0.3, -0.25) is 0 Å². The van der Waals surface area contributed by atoms with E-state index >= 15 is 0 Å². The van der Waals surface area contributed by atoms with Gasteiger partial charge in [0.2, 0.25) is 0 Å². The number of benzene rings is 13. The molecule has 0 atom stereocenters. The first kappa shape index (κ1) is 52.5. The van der Waals surface area contributed by atoms with Gasteiger partial charge in [-0.15, -0.1) is 16.4 Å². The summed E-state index contributed by atoms with van der Waals surface area (Å²) >= 11 is 0. The molecule has 3 aliphatic rings. The van der Waals surface area contributed by atoms with Crippen molar-refractivity contribution in [3.05, 3.63) is 370 Å². The van der Waals surface area contributed by atoms with Gasteiger partial charge in [0, 0.05) is 17.1 Å². The molecule has 13 aromatic rings. The van der Waals surface area contributed by atoms with E-state index in [2.05, 4.69) is 347 Å². The van der Waals surface area contributed by atoms with Crippen LogP contribution in [-0.2, 0) is 16.2 Å². The van der Waals surface area contributed by atoms with E-state index in [9.17, 15) is 0 Å². The molecule has 0 saturated heterocycles. The molecular formula is C81H60B5N. The largest absolute Gasteiger partial charge is 0.310 e.